The fourth-order valence-electron chi connectivity index (χ4n) is 1.15. The number of hydrogen-bond acceptors (Lipinski definition) is 3. The second-order valence-electron chi connectivity index (χ2n) is 3.39. The number of sulfonamides is 1. The molecule has 0 aliphatic heterocycles. The van der Waals surface area contributed by atoms with Gasteiger partial charge in [-0.05, 0) is 37.1 Å². The Morgan fingerprint density at radius 2 is 2.12 bits per heavy atom. The molecule has 1 aromatic rings. The second kappa shape index (κ2) is 5.77. The van der Waals surface area contributed by atoms with E-state index in [1.54, 1.807) is 18.2 Å². The van der Waals surface area contributed by atoms with Gasteiger partial charge in [0.1, 0.15) is 0 Å². The molecular formula is C10H14BrNO3S. The van der Waals surface area contributed by atoms with Crippen LogP contribution in [0.1, 0.15) is 12.0 Å². The lowest BCUT2D eigenvalue weighted by Crippen LogP contribution is -2.25. The molecule has 4 nitrogen and oxygen atoms in total. The fraction of sp³-hybridized carbons (Fsp3) is 0.400. The van der Waals surface area contributed by atoms with Gasteiger partial charge in [-0.2, -0.15) is 0 Å². The van der Waals surface area contributed by atoms with Gasteiger partial charge in [0.15, 0.2) is 0 Å². The van der Waals surface area contributed by atoms with Crippen molar-refractivity contribution < 1.29 is 13.5 Å². The van der Waals surface area contributed by atoms with Crippen molar-refractivity contribution in [2.45, 2.75) is 18.2 Å². The van der Waals surface area contributed by atoms with Crippen molar-refractivity contribution >= 4 is 26.0 Å². The Kier molecular flexibility index (Phi) is 4.91. The Labute approximate surface area is 104 Å². The minimum Gasteiger partial charge on any atom is -0.396 e. The molecule has 90 valence electrons. The molecule has 0 radical (unpaired) electrons. The molecule has 2 N–H and O–H groups in total. The minimum atomic E-state index is -3.45. The third-order valence-electron chi connectivity index (χ3n) is 2.07. The van der Waals surface area contributed by atoms with Crippen LogP contribution in [0.2, 0.25) is 0 Å². The number of rotatable bonds is 5. The zero-order chi connectivity index (χ0) is 12.2. The van der Waals surface area contributed by atoms with E-state index in [0.717, 1.165) is 10.0 Å². The summed E-state index contributed by atoms with van der Waals surface area (Å²) in [7, 11) is -3.45. The normalized spacial score (nSPS) is 11.7. The first-order valence-corrected chi connectivity index (χ1v) is 7.11. The molecule has 0 unspecified atom stereocenters. The van der Waals surface area contributed by atoms with Gasteiger partial charge in [0, 0.05) is 17.6 Å². The second-order valence-corrected chi connectivity index (χ2v) is 6.01. The van der Waals surface area contributed by atoms with Gasteiger partial charge in [-0.25, -0.2) is 13.1 Å². The van der Waals surface area contributed by atoms with Crippen molar-refractivity contribution in [1.29, 1.82) is 0 Å². The number of hydrogen-bond donors (Lipinski definition) is 2. The van der Waals surface area contributed by atoms with Gasteiger partial charge in [-0.1, -0.05) is 15.9 Å². The summed E-state index contributed by atoms with van der Waals surface area (Å²) >= 11 is 3.31. The van der Waals surface area contributed by atoms with Crippen molar-refractivity contribution in [3.05, 3.63) is 28.2 Å². The molecule has 0 saturated carbocycles. The number of aliphatic hydroxyl groups excluding tert-OH is 1. The van der Waals surface area contributed by atoms with Crippen LogP contribution in [-0.4, -0.2) is 26.7 Å². The highest BCUT2D eigenvalue weighted by Gasteiger charge is 2.13. The Balaban J connectivity index is 2.86. The summed E-state index contributed by atoms with van der Waals surface area (Å²) in [6, 6.07) is 4.85. The standard InChI is InChI=1S/C10H14BrNO3S/c1-8-7-9(3-4-10(8)11)16(14,15)12-5-2-6-13/h3-4,7,12-13H,2,5-6H2,1H3. The number of aryl methyl sites for hydroxylation is 1. The quantitative estimate of drug-likeness (QED) is 0.809. The fourth-order valence-corrected chi connectivity index (χ4v) is 2.56. The summed E-state index contributed by atoms with van der Waals surface area (Å²) in [5, 5.41) is 8.57. The summed E-state index contributed by atoms with van der Waals surface area (Å²) in [5.74, 6) is 0. The maximum absolute atomic E-state index is 11.8. The van der Waals surface area contributed by atoms with Crippen LogP contribution < -0.4 is 4.72 Å². The van der Waals surface area contributed by atoms with E-state index >= 15 is 0 Å². The Morgan fingerprint density at radius 1 is 1.44 bits per heavy atom. The van der Waals surface area contributed by atoms with Gasteiger partial charge >= 0.3 is 0 Å². The molecule has 0 spiro atoms. The highest BCUT2D eigenvalue weighted by molar-refractivity contribution is 9.10. The summed E-state index contributed by atoms with van der Waals surface area (Å²) in [4.78, 5) is 0.242. The predicted molar refractivity (Wildman–Crippen MR) is 65.8 cm³/mol. The van der Waals surface area contributed by atoms with Crippen molar-refractivity contribution in [2.75, 3.05) is 13.2 Å². The maximum Gasteiger partial charge on any atom is 0.240 e. The summed E-state index contributed by atoms with van der Waals surface area (Å²) < 4.78 is 26.8. The zero-order valence-corrected chi connectivity index (χ0v) is 11.3. The first-order valence-electron chi connectivity index (χ1n) is 4.84. The van der Waals surface area contributed by atoms with Crippen LogP contribution in [0.15, 0.2) is 27.6 Å². The van der Waals surface area contributed by atoms with E-state index in [9.17, 15) is 8.42 Å². The molecule has 1 rings (SSSR count). The monoisotopic (exact) mass is 307 g/mol. The van der Waals surface area contributed by atoms with Gasteiger partial charge in [0.05, 0.1) is 4.90 Å². The van der Waals surface area contributed by atoms with E-state index in [-0.39, 0.29) is 18.0 Å². The van der Waals surface area contributed by atoms with Gasteiger partial charge in [0.25, 0.3) is 0 Å². The lowest BCUT2D eigenvalue weighted by Gasteiger charge is -2.07. The van der Waals surface area contributed by atoms with E-state index in [2.05, 4.69) is 20.7 Å². The van der Waals surface area contributed by atoms with Crippen LogP contribution in [0.3, 0.4) is 0 Å². The smallest absolute Gasteiger partial charge is 0.240 e. The van der Waals surface area contributed by atoms with E-state index in [1.165, 1.54) is 0 Å². The Bertz CT molecular complexity index is 459. The van der Waals surface area contributed by atoms with Gasteiger partial charge < -0.3 is 5.11 Å². The van der Waals surface area contributed by atoms with E-state index in [1.807, 2.05) is 6.92 Å². The SMILES string of the molecule is Cc1cc(S(=O)(=O)NCCCO)ccc1Br. The number of aliphatic hydroxyl groups is 1. The van der Waals surface area contributed by atoms with Crippen LogP contribution in [0.25, 0.3) is 0 Å². The average molecular weight is 308 g/mol. The van der Waals surface area contributed by atoms with E-state index in [0.29, 0.717) is 6.42 Å². The topological polar surface area (TPSA) is 66.4 Å². The molecule has 0 aliphatic carbocycles. The minimum absolute atomic E-state index is 0.0259. The molecule has 0 aliphatic rings. The van der Waals surface area contributed by atoms with Crippen molar-refractivity contribution in [1.82, 2.24) is 4.72 Å². The number of benzene rings is 1. The molecule has 0 saturated heterocycles. The maximum atomic E-state index is 11.8. The third kappa shape index (κ3) is 3.55. The van der Waals surface area contributed by atoms with Crippen LogP contribution in [-0.2, 0) is 10.0 Å². The van der Waals surface area contributed by atoms with Crippen molar-refractivity contribution in [3.8, 4) is 0 Å². The molecule has 0 amide bonds. The van der Waals surface area contributed by atoms with Crippen molar-refractivity contribution in [2.24, 2.45) is 0 Å². The molecule has 0 atom stereocenters. The molecular weight excluding hydrogens is 294 g/mol. The summed E-state index contributed by atoms with van der Waals surface area (Å²) in [5.41, 5.74) is 0.866. The lowest BCUT2D eigenvalue weighted by atomic mass is 10.2. The van der Waals surface area contributed by atoms with E-state index < -0.39 is 10.0 Å². The van der Waals surface area contributed by atoms with Gasteiger partial charge in [-0.15, -0.1) is 0 Å². The molecule has 0 fully saturated rings. The molecule has 1 aromatic carbocycles. The van der Waals surface area contributed by atoms with E-state index in [4.69, 9.17) is 5.11 Å². The largest absolute Gasteiger partial charge is 0.396 e. The Morgan fingerprint density at radius 3 is 2.69 bits per heavy atom. The van der Waals surface area contributed by atoms with Crippen LogP contribution in [0, 0.1) is 6.92 Å². The first-order chi connectivity index (χ1) is 7.47. The zero-order valence-electron chi connectivity index (χ0n) is 8.90. The van der Waals surface area contributed by atoms with Crippen LogP contribution in [0.4, 0.5) is 0 Å². The lowest BCUT2D eigenvalue weighted by molar-refractivity contribution is 0.289. The first kappa shape index (κ1) is 13.6. The summed E-state index contributed by atoms with van der Waals surface area (Å²) in [6.07, 6.45) is 0.411. The highest BCUT2D eigenvalue weighted by atomic mass is 79.9. The molecule has 0 aromatic heterocycles. The van der Waals surface area contributed by atoms with Crippen LogP contribution >= 0.6 is 15.9 Å². The van der Waals surface area contributed by atoms with Gasteiger partial charge in [0.2, 0.25) is 10.0 Å². The molecule has 0 heterocycles. The number of nitrogens with one attached hydrogen (secondary N) is 1. The highest BCUT2D eigenvalue weighted by Crippen LogP contribution is 2.19. The average Bonchev–Trinajstić information content (AvgIpc) is 2.22. The Hall–Kier alpha value is -0.430. The third-order valence-corrected chi connectivity index (χ3v) is 4.42. The molecule has 0 bridgehead atoms. The van der Waals surface area contributed by atoms with Crippen molar-refractivity contribution in [3.63, 3.8) is 0 Å². The van der Waals surface area contributed by atoms with Gasteiger partial charge in [-0.3, -0.25) is 0 Å². The molecule has 6 heteroatoms. The van der Waals surface area contributed by atoms with Crippen LogP contribution in [0.5, 0.6) is 0 Å². The summed E-state index contributed by atoms with van der Waals surface area (Å²) in [6.45, 7) is 2.05. The predicted octanol–water partition coefficient (Wildman–Crippen LogP) is 1.42. The molecule has 16 heavy (non-hydrogen) atoms. The number of halogens is 1.